The third kappa shape index (κ3) is 1.62. The van der Waals surface area contributed by atoms with E-state index in [4.69, 9.17) is 21.1 Å². The van der Waals surface area contributed by atoms with Crippen molar-refractivity contribution in [2.24, 2.45) is 0 Å². The lowest BCUT2D eigenvalue weighted by molar-refractivity contribution is 0.174. The molecular formula is C13H8ClN3O2. The van der Waals surface area contributed by atoms with E-state index in [0.717, 1.165) is 28.3 Å². The van der Waals surface area contributed by atoms with Crippen LogP contribution in [0.1, 0.15) is 0 Å². The van der Waals surface area contributed by atoms with Gasteiger partial charge in [0.05, 0.1) is 5.69 Å². The average Bonchev–Trinajstić information content (AvgIpc) is 3.04. The minimum atomic E-state index is 0.264. The van der Waals surface area contributed by atoms with Crippen LogP contribution in [0.2, 0.25) is 5.15 Å². The highest BCUT2D eigenvalue weighted by Gasteiger charge is 2.15. The van der Waals surface area contributed by atoms with E-state index in [2.05, 4.69) is 10.1 Å². The molecule has 0 aliphatic carbocycles. The van der Waals surface area contributed by atoms with E-state index in [1.54, 1.807) is 16.9 Å². The van der Waals surface area contributed by atoms with E-state index in [1.165, 1.54) is 0 Å². The fraction of sp³-hybridized carbons (Fsp3) is 0.0769. The highest BCUT2D eigenvalue weighted by Crippen LogP contribution is 2.35. The molecule has 5 nitrogen and oxygen atoms in total. The third-order valence-corrected chi connectivity index (χ3v) is 3.30. The van der Waals surface area contributed by atoms with E-state index in [0.29, 0.717) is 5.15 Å². The van der Waals surface area contributed by atoms with E-state index >= 15 is 0 Å². The monoisotopic (exact) mass is 273 g/mol. The number of hydrogen-bond donors (Lipinski definition) is 0. The SMILES string of the molecule is Clc1nccn2nc(-c3ccc4c(c3)OCO4)cc12. The Morgan fingerprint density at radius 1 is 1.16 bits per heavy atom. The number of aromatic nitrogens is 3. The lowest BCUT2D eigenvalue weighted by atomic mass is 10.1. The molecule has 1 aliphatic heterocycles. The Balaban J connectivity index is 1.88. The summed E-state index contributed by atoms with van der Waals surface area (Å²) in [6, 6.07) is 7.62. The molecule has 0 atom stereocenters. The molecule has 0 saturated carbocycles. The van der Waals surface area contributed by atoms with Crippen LogP contribution in [-0.2, 0) is 0 Å². The lowest BCUT2D eigenvalue weighted by Crippen LogP contribution is -1.92. The normalized spacial score (nSPS) is 13.1. The van der Waals surface area contributed by atoms with Gasteiger partial charge in [-0.25, -0.2) is 9.50 Å². The van der Waals surface area contributed by atoms with Gasteiger partial charge in [-0.05, 0) is 24.3 Å². The van der Waals surface area contributed by atoms with Crippen molar-refractivity contribution in [2.45, 2.75) is 0 Å². The molecule has 0 amide bonds. The molecule has 3 aromatic rings. The predicted molar refractivity (Wildman–Crippen MR) is 69.6 cm³/mol. The molecule has 0 bridgehead atoms. The van der Waals surface area contributed by atoms with Gasteiger partial charge in [-0.3, -0.25) is 0 Å². The van der Waals surface area contributed by atoms with Crippen molar-refractivity contribution < 1.29 is 9.47 Å². The van der Waals surface area contributed by atoms with Gasteiger partial charge in [0, 0.05) is 18.0 Å². The number of ether oxygens (including phenoxy) is 2. The Morgan fingerprint density at radius 2 is 2.05 bits per heavy atom. The predicted octanol–water partition coefficient (Wildman–Crippen LogP) is 2.78. The summed E-state index contributed by atoms with van der Waals surface area (Å²) in [6.45, 7) is 0.264. The first kappa shape index (κ1) is 10.6. The summed E-state index contributed by atoms with van der Waals surface area (Å²) in [5.74, 6) is 1.49. The van der Waals surface area contributed by atoms with Crippen LogP contribution in [0.15, 0.2) is 36.7 Å². The maximum absolute atomic E-state index is 6.03. The van der Waals surface area contributed by atoms with Gasteiger partial charge < -0.3 is 9.47 Å². The maximum Gasteiger partial charge on any atom is 0.231 e. The van der Waals surface area contributed by atoms with Gasteiger partial charge in [0.25, 0.3) is 0 Å². The Kier molecular flexibility index (Phi) is 2.16. The Bertz CT molecular complexity index is 785. The van der Waals surface area contributed by atoms with Gasteiger partial charge in [-0.2, -0.15) is 5.10 Å². The van der Waals surface area contributed by atoms with E-state index < -0.39 is 0 Å². The topological polar surface area (TPSA) is 48.7 Å². The third-order valence-electron chi connectivity index (χ3n) is 3.01. The van der Waals surface area contributed by atoms with Crippen molar-refractivity contribution in [3.63, 3.8) is 0 Å². The molecule has 3 heterocycles. The summed E-state index contributed by atoms with van der Waals surface area (Å²) < 4.78 is 12.4. The molecule has 0 unspecified atom stereocenters. The van der Waals surface area contributed by atoms with Crippen molar-refractivity contribution in [1.29, 1.82) is 0 Å². The molecule has 0 spiro atoms. The van der Waals surface area contributed by atoms with Crippen LogP contribution >= 0.6 is 11.6 Å². The molecule has 0 radical (unpaired) electrons. The van der Waals surface area contributed by atoms with Crippen molar-refractivity contribution in [3.8, 4) is 22.8 Å². The molecule has 2 aromatic heterocycles. The number of benzene rings is 1. The van der Waals surface area contributed by atoms with Crippen molar-refractivity contribution in [2.75, 3.05) is 6.79 Å². The Morgan fingerprint density at radius 3 is 2.95 bits per heavy atom. The van der Waals surface area contributed by atoms with Crippen LogP contribution in [-0.4, -0.2) is 21.4 Å². The van der Waals surface area contributed by atoms with Crippen LogP contribution < -0.4 is 9.47 Å². The molecule has 1 aromatic carbocycles. The van der Waals surface area contributed by atoms with Crippen molar-refractivity contribution in [3.05, 3.63) is 41.8 Å². The molecule has 94 valence electrons. The summed E-state index contributed by atoms with van der Waals surface area (Å²) >= 11 is 6.03. The highest BCUT2D eigenvalue weighted by atomic mass is 35.5. The van der Waals surface area contributed by atoms with E-state index in [9.17, 15) is 0 Å². The molecule has 6 heteroatoms. The molecule has 0 fully saturated rings. The van der Waals surface area contributed by atoms with Crippen LogP contribution in [0.25, 0.3) is 16.8 Å². The molecular weight excluding hydrogens is 266 g/mol. The standard InChI is InChI=1S/C13H8ClN3O2/c14-13-10-6-9(16-17(10)4-3-15-13)8-1-2-11-12(5-8)19-7-18-11/h1-6H,7H2. The first-order valence-corrected chi connectivity index (χ1v) is 6.09. The fourth-order valence-electron chi connectivity index (χ4n) is 2.09. The van der Waals surface area contributed by atoms with Crippen LogP contribution in [0.5, 0.6) is 11.5 Å². The number of fused-ring (bicyclic) bond motifs is 2. The number of hydrogen-bond acceptors (Lipinski definition) is 4. The zero-order chi connectivity index (χ0) is 12.8. The van der Waals surface area contributed by atoms with E-state index in [-0.39, 0.29) is 6.79 Å². The van der Waals surface area contributed by atoms with Gasteiger partial charge in [-0.1, -0.05) is 11.6 Å². The second-order valence-corrected chi connectivity index (χ2v) is 4.50. The second-order valence-electron chi connectivity index (χ2n) is 4.15. The van der Waals surface area contributed by atoms with Crippen molar-refractivity contribution in [1.82, 2.24) is 14.6 Å². The largest absolute Gasteiger partial charge is 0.454 e. The van der Waals surface area contributed by atoms with Crippen LogP contribution in [0.4, 0.5) is 0 Å². The Labute approximate surface area is 113 Å². The number of halogens is 1. The smallest absolute Gasteiger partial charge is 0.231 e. The lowest BCUT2D eigenvalue weighted by Gasteiger charge is -1.98. The van der Waals surface area contributed by atoms with Gasteiger partial charge in [0.1, 0.15) is 5.52 Å². The fourth-order valence-corrected chi connectivity index (χ4v) is 2.28. The van der Waals surface area contributed by atoms with Crippen LogP contribution in [0.3, 0.4) is 0 Å². The van der Waals surface area contributed by atoms with Crippen molar-refractivity contribution >= 4 is 17.1 Å². The molecule has 0 saturated heterocycles. The minimum Gasteiger partial charge on any atom is -0.454 e. The summed E-state index contributed by atoms with van der Waals surface area (Å²) in [6.07, 6.45) is 3.38. The number of nitrogens with zero attached hydrogens (tertiary/aromatic N) is 3. The molecule has 4 rings (SSSR count). The average molecular weight is 274 g/mol. The zero-order valence-corrected chi connectivity index (χ0v) is 10.5. The molecule has 1 aliphatic rings. The summed E-state index contributed by atoms with van der Waals surface area (Å²) in [4.78, 5) is 4.03. The van der Waals surface area contributed by atoms with Crippen LogP contribution in [0, 0.1) is 0 Å². The number of rotatable bonds is 1. The molecule has 0 N–H and O–H groups in total. The second kappa shape index (κ2) is 3.86. The van der Waals surface area contributed by atoms with E-state index in [1.807, 2.05) is 24.3 Å². The quantitative estimate of drug-likeness (QED) is 0.684. The first-order valence-electron chi connectivity index (χ1n) is 5.71. The molecule has 19 heavy (non-hydrogen) atoms. The van der Waals surface area contributed by atoms with Gasteiger partial charge in [-0.15, -0.1) is 0 Å². The zero-order valence-electron chi connectivity index (χ0n) is 9.71. The summed E-state index contributed by atoms with van der Waals surface area (Å²) in [7, 11) is 0. The summed E-state index contributed by atoms with van der Waals surface area (Å²) in [5, 5.41) is 4.90. The van der Waals surface area contributed by atoms with Gasteiger partial charge in [0.15, 0.2) is 16.7 Å². The minimum absolute atomic E-state index is 0.264. The van der Waals surface area contributed by atoms with Gasteiger partial charge >= 0.3 is 0 Å². The summed E-state index contributed by atoms with van der Waals surface area (Å²) in [5.41, 5.74) is 2.54. The highest BCUT2D eigenvalue weighted by molar-refractivity contribution is 6.32. The Hall–Kier alpha value is -2.27. The maximum atomic E-state index is 6.03. The van der Waals surface area contributed by atoms with Gasteiger partial charge in [0.2, 0.25) is 6.79 Å². The first-order chi connectivity index (χ1) is 9.31.